The fraction of sp³-hybridized carbons (Fsp3) is 0.350. The predicted molar refractivity (Wildman–Crippen MR) is 100 cm³/mol. The number of benzene rings is 2. The molecule has 0 saturated carbocycles. The Morgan fingerprint density at radius 3 is 2.56 bits per heavy atom. The number of rotatable bonds is 7. The Balaban J connectivity index is 1.96. The van der Waals surface area contributed by atoms with Crippen molar-refractivity contribution in [3.8, 4) is 23.0 Å². The van der Waals surface area contributed by atoms with Crippen molar-refractivity contribution in [2.24, 2.45) is 0 Å². The number of hydrogen-bond acceptors (Lipinski definition) is 5. The second-order valence-corrected chi connectivity index (χ2v) is 6.51. The summed E-state index contributed by atoms with van der Waals surface area (Å²) >= 11 is 6.39. The van der Waals surface area contributed by atoms with Crippen LogP contribution in [0, 0.1) is 0 Å². The zero-order valence-corrected chi connectivity index (χ0v) is 15.9. The quantitative estimate of drug-likeness (QED) is 0.699. The van der Waals surface area contributed by atoms with Gasteiger partial charge in [0.1, 0.15) is 0 Å². The van der Waals surface area contributed by atoms with E-state index >= 15 is 0 Å². The van der Waals surface area contributed by atoms with Crippen LogP contribution in [0.15, 0.2) is 36.4 Å². The van der Waals surface area contributed by atoms with E-state index in [-0.39, 0.29) is 0 Å². The summed E-state index contributed by atoms with van der Waals surface area (Å²) in [6, 6.07) is 10.2. The fourth-order valence-electron chi connectivity index (χ4n) is 2.83. The van der Waals surface area contributed by atoms with Crippen molar-refractivity contribution >= 4 is 17.6 Å². The van der Waals surface area contributed by atoms with Crippen LogP contribution in [-0.2, 0) is 4.79 Å². The lowest BCUT2D eigenvalue weighted by molar-refractivity contribution is -0.151. The molecule has 0 saturated heterocycles. The van der Waals surface area contributed by atoms with Gasteiger partial charge in [-0.1, -0.05) is 37.1 Å². The van der Waals surface area contributed by atoms with Crippen LogP contribution in [0.2, 0.25) is 5.02 Å². The third-order valence-corrected chi connectivity index (χ3v) is 4.48. The molecule has 0 aromatic heterocycles. The minimum Gasteiger partial charge on any atom is -0.493 e. The molecule has 3 rings (SSSR count). The lowest BCUT2D eigenvalue weighted by atomic mass is 10.0. The van der Waals surface area contributed by atoms with Crippen molar-refractivity contribution < 1.29 is 28.8 Å². The van der Waals surface area contributed by atoms with E-state index in [1.54, 1.807) is 36.4 Å². The smallest absolute Gasteiger partial charge is 0.349 e. The summed E-state index contributed by atoms with van der Waals surface area (Å²) in [7, 11) is 1.50. The first-order valence-corrected chi connectivity index (χ1v) is 9.08. The highest BCUT2D eigenvalue weighted by molar-refractivity contribution is 6.32. The molecule has 0 spiro atoms. The highest BCUT2D eigenvalue weighted by Gasteiger charge is 2.39. The van der Waals surface area contributed by atoms with Crippen LogP contribution < -0.4 is 18.9 Å². The average Bonchev–Trinajstić information content (AvgIpc) is 2.67. The van der Waals surface area contributed by atoms with Gasteiger partial charge in [0, 0.05) is 5.56 Å². The Morgan fingerprint density at radius 1 is 1.22 bits per heavy atom. The molecule has 2 atom stereocenters. The molecule has 0 aliphatic carbocycles. The molecular weight excluding hydrogens is 372 g/mol. The summed E-state index contributed by atoms with van der Waals surface area (Å²) in [5.41, 5.74) is 0.529. The number of aliphatic carboxylic acids is 1. The molecular formula is C20H21ClO6. The van der Waals surface area contributed by atoms with Crippen molar-refractivity contribution in [2.75, 3.05) is 13.7 Å². The Morgan fingerprint density at radius 2 is 1.93 bits per heavy atom. The highest BCUT2D eigenvalue weighted by Crippen LogP contribution is 2.43. The normalized spacial score (nSPS) is 18.0. The van der Waals surface area contributed by atoms with Gasteiger partial charge in [0.05, 0.1) is 18.7 Å². The second-order valence-electron chi connectivity index (χ2n) is 6.10. The van der Waals surface area contributed by atoms with Crippen molar-refractivity contribution in [1.82, 2.24) is 0 Å². The molecule has 1 heterocycles. The van der Waals surface area contributed by atoms with Gasteiger partial charge >= 0.3 is 5.97 Å². The van der Waals surface area contributed by atoms with Crippen LogP contribution in [0.1, 0.15) is 31.4 Å². The highest BCUT2D eigenvalue weighted by atomic mass is 35.5. The number of carboxylic acids is 1. The second kappa shape index (κ2) is 8.39. The van der Waals surface area contributed by atoms with Crippen LogP contribution in [0.3, 0.4) is 0 Å². The standard InChI is InChI=1S/C20H21ClO6/c1-3-4-9-25-18-13(21)10-12(11-16(18)24-2)17-19(20(22)23)27-15-8-6-5-7-14(15)26-17/h5-8,10-11,17,19H,3-4,9H2,1-2H3,(H,22,23). The first-order chi connectivity index (χ1) is 13.0. The third kappa shape index (κ3) is 4.06. The zero-order chi connectivity index (χ0) is 19.4. The van der Waals surface area contributed by atoms with Gasteiger partial charge in [0.25, 0.3) is 0 Å². The van der Waals surface area contributed by atoms with E-state index in [9.17, 15) is 9.90 Å². The largest absolute Gasteiger partial charge is 0.493 e. The number of ether oxygens (including phenoxy) is 4. The third-order valence-electron chi connectivity index (χ3n) is 4.20. The Hall–Kier alpha value is -2.60. The molecule has 0 radical (unpaired) electrons. The SMILES string of the molecule is CCCCOc1c(Cl)cc(C2Oc3ccccc3OC2C(=O)O)cc1OC. The minimum atomic E-state index is -1.22. The molecule has 2 aromatic carbocycles. The van der Waals surface area contributed by atoms with E-state index in [0.717, 1.165) is 12.8 Å². The molecule has 7 heteroatoms. The average molecular weight is 393 g/mol. The summed E-state index contributed by atoms with van der Waals surface area (Å²) < 4.78 is 22.7. The topological polar surface area (TPSA) is 74.2 Å². The van der Waals surface area contributed by atoms with E-state index in [4.69, 9.17) is 30.5 Å². The van der Waals surface area contributed by atoms with Crippen LogP contribution in [0.4, 0.5) is 0 Å². The Labute approximate surface area is 162 Å². The maximum Gasteiger partial charge on any atom is 0.349 e. The summed E-state index contributed by atoms with van der Waals surface area (Å²) in [5.74, 6) is 0.575. The van der Waals surface area contributed by atoms with Gasteiger partial charge in [0.2, 0.25) is 6.10 Å². The van der Waals surface area contributed by atoms with Gasteiger partial charge in [-0.15, -0.1) is 0 Å². The van der Waals surface area contributed by atoms with Crippen molar-refractivity contribution in [3.05, 3.63) is 47.0 Å². The molecule has 2 aromatic rings. The lowest BCUT2D eigenvalue weighted by Crippen LogP contribution is -2.39. The van der Waals surface area contributed by atoms with Gasteiger partial charge < -0.3 is 24.1 Å². The molecule has 1 aliphatic rings. The first-order valence-electron chi connectivity index (χ1n) is 8.70. The Kier molecular flexibility index (Phi) is 5.96. The van der Waals surface area contributed by atoms with Gasteiger partial charge in [0.15, 0.2) is 29.1 Å². The molecule has 0 amide bonds. The van der Waals surface area contributed by atoms with Crippen LogP contribution in [0.5, 0.6) is 23.0 Å². The van der Waals surface area contributed by atoms with E-state index in [2.05, 4.69) is 6.92 Å². The fourth-order valence-corrected chi connectivity index (χ4v) is 3.10. The molecule has 144 valence electrons. The molecule has 6 nitrogen and oxygen atoms in total. The van der Waals surface area contributed by atoms with E-state index in [0.29, 0.717) is 40.2 Å². The monoisotopic (exact) mass is 392 g/mol. The van der Waals surface area contributed by atoms with E-state index in [1.807, 2.05) is 0 Å². The summed E-state index contributed by atoms with van der Waals surface area (Å²) in [6.45, 7) is 2.58. The molecule has 27 heavy (non-hydrogen) atoms. The first kappa shape index (κ1) is 19.2. The summed E-state index contributed by atoms with van der Waals surface area (Å²) in [6.07, 6.45) is -0.218. The molecule has 1 aliphatic heterocycles. The van der Waals surface area contributed by atoms with Crippen molar-refractivity contribution in [1.29, 1.82) is 0 Å². The predicted octanol–water partition coefficient (Wildman–Crippen LogP) is 4.49. The maximum absolute atomic E-state index is 11.7. The van der Waals surface area contributed by atoms with Crippen LogP contribution in [-0.4, -0.2) is 30.9 Å². The molecule has 2 unspecified atom stereocenters. The number of methoxy groups -OCH3 is 1. The van der Waals surface area contributed by atoms with Crippen molar-refractivity contribution in [3.63, 3.8) is 0 Å². The number of fused-ring (bicyclic) bond motifs is 1. The number of carboxylic acid groups (broad SMARTS) is 1. The number of halogens is 1. The summed E-state index contributed by atoms with van der Waals surface area (Å²) in [4.78, 5) is 11.7. The number of hydrogen-bond donors (Lipinski definition) is 1. The van der Waals surface area contributed by atoms with Gasteiger partial charge in [-0.05, 0) is 30.7 Å². The number of unbranched alkanes of at least 4 members (excludes halogenated alkanes) is 1. The Bertz CT molecular complexity index is 822. The zero-order valence-electron chi connectivity index (χ0n) is 15.1. The lowest BCUT2D eigenvalue weighted by Gasteiger charge is -2.32. The number of carbonyl (C=O) groups is 1. The maximum atomic E-state index is 11.7. The summed E-state index contributed by atoms with van der Waals surface area (Å²) in [5, 5.41) is 9.92. The van der Waals surface area contributed by atoms with Gasteiger partial charge in [-0.25, -0.2) is 4.79 Å². The molecule has 1 N–H and O–H groups in total. The molecule has 0 bridgehead atoms. The van der Waals surface area contributed by atoms with Crippen LogP contribution >= 0.6 is 11.6 Å². The van der Waals surface area contributed by atoms with Crippen molar-refractivity contribution in [2.45, 2.75) is 32.0 Å². The van der Waals surface area contributed by atoms with Crippen LogP contribution in [0.25, 0.3) is 0 Å². The van der Waals surface area contributed by atoms with E-state index in [1.165, 1.54) is 7.11 Å². The van der Waals surface area contributed by atoms with Gasteiger partial charge in [-0.2, -0.15) is 0 Å². The van der Waals surface area contributed by atoms with Gasteiger partial charge in [-0.3, -0.25) is 0 Å². The minimum absolute atomic E-state index is 0.326. The number of para-hydroxylation sites is 2. The molecule has 0 fully saturated rings. The van der Waals surface area contributed by atoms with E-state index < -0.39 is 18.2 Å².